The average molecular weight is 448 g/mol. The highest BCUT2D eigenvalue weighted by atomic mass is 127. The van der Waals surface area contributed by atoms with Gasteiger partial charge in [-0.25, -0.2) is 4.99 Å². The molecule has 0 radical (unpaired) electrons. The topological polar surface area (TPSA) is 74.5 Å². The number of aryl methyl sites for hydroxylation is 1. The lowest BCUT2D eigenvalue weighted by Gasteiger charge is -2.34. The summed E-state index contributed by atoms with van der Waals surface area (Å²) >= 11 is 0. The Morgan fingerprint density at radius 3 is 2.67 bits per heavy atom. The van der Waals surface area contributed by atoms with Crippen molar-refractivity contribution in [2.45, 2.75) is 32.7 Å². The summed E-state index contributed by atoms with van der Waals surface area (Å²) in [4.78, 5) is 18.5. The normalized spacial score (nSPS) is 15.8. The van der Waals surface area contributed by atoms with E-state index in [1.807, 2.05) is 19.4 Å². The van der Waals surface area contributed by atoms with Gasteiger partial charge in [-0.2, -0.15) is 5.10 Å². The summed E-state index contributed by atoms with van der Waals surface area (Å²) in [6.45, 7) is 5.46. The van der Waals surface area contributed by atoms with Gasteiger partial charge in [0.05, 0.1) is 12.7 Å². The number of nitrogens with zero attached hydrogens (tertiary/aromatic N) is 4. The lowest BCUT2D eigenvalue weighted by molar-refractivity contribution is -0.121. The molecule has 1 amide bonds. The fraction of sp³-hybridized carbons (Fsp3) is 0.688. The van der Waals surface area contributed by atoms with E-state index in [9.17, 15) is 4.79 Å². The van der Waals surface area contributed by atoms with Crippen molar-refractivity contribution in [3.63, 3.8) is 0 Å². The molecule has 1 aromatic rings. The van der Waals surface area contributed by atoms with Crippen molar-refractivity contribution in [1.29, 1.82) is 0 Å². The minimum absolute atomic E-state index is 0. The van der Waals surface area contributed by atoms with Crippen LogP contribution in [0.25, 0.3) is 0 Å². The largest absolute Gasteiger partial charge is 0.359 e. The summed E-state index contributed by atoms with van der Waals surface area (Å²) in [7, 11) is 3.61. The van der Waals surface area contributed by atoms with Gasteiger partial charge in [-0.3, -0.25) is 9.48 Å². The number of guanidine groups is 1. The van der Waals surface area contributed by atoms with Crippen molar-refractivity contribution < 1.29 is 4.79 Å². The van der Waals surface area contributed by atoms with Crippen LogP contribution < -0.4 is 10.6 Å². The van der Waals surface area contributed by atoms with Crippen molar-refractivity contribution in [3.8, 4) is 0 Å². The predicted molar refractivity (Wildman–Crippen MR) is 106 cm³/mol. The number of aliphatic imine (C=N–C) groups is 1. The summed E-state index contributed by atoms with van der Waals surface area (Å²) in [6, 6.07) is 0. The molecular weight excluding hydrogens is 419 g/mol. The second kappa shape index (κ2) is 10.5. The summed E-state index contributed by atoms with van der Waals surface area (Å²) < 4.78 is 1.79. The van der Waals surface area contributed by atoms with Gasteiger partial charge in [-0.15, -0.1) is 24.0 Å². The minimum atomic E-state index is 0. The summed E-state index contributed by atoms with van der Waals surface area (Å²) in [5.74, 6) is 1.57. The molecule has 2 N–H and O–H groups in total. The highest BCUT2D eigenvalue weighted by Crippen LogP contribution is 2.20. The molecule has 0 aliphatic carbocycles. The van der Waals surface area contributed by atoms with Gasteiger partial charge in [0.15, 0.2) is 5.96 Å². The lowest BCUT2D eigenvalue weighted by atomic mass is 9.93. The van der Waals surface area contributed by atoms with E-state index in [1.165, 1.54) is 0 Å². The van der Waals surface area contributed by atoms with E-state index in [0.29, 0.717) is 18.9 Å². The van der Waals surface area contributed by atoms with Crippen LogP contribution in [0.15, 0.2) is 17.4 Å². The zero-order valence-electron chi connectivity index (χ0n) is 14.8. The Hall–Kier alpha value is -1.32. The third-order valence-corrected chi connectivity index (χ3v) is 4.17. The van der Waals surface area contributed by atoms with Crippen LogP contribution in [0.3, 0.4) is 0 Å². The van der Waals surface area contributed by atoms with Gasteiger partial charge >= 0.3 is 0 Å². The van der Waals surface area contributed by atoms with Crippen LogP contribution in [0.2, 0.25) is 0 Å². The first-order valence-electron chi connectivity index (χ1n) is 8.33. The van der Waals surface area contributed by atoms with Crippen LogP contribution in [0, 0.1) is 5.92 Å². The van der Waals surface area contributed by atoms with Crippen LogP contribution in [0.5, 0.6) is 0 Å². The molecule has 1 aliphatic heterocycles. The first-order valence-corrected chi connectivity index (χ1v) is 8.33. The monoisotopic (exact) mass is 448 g/mol. The zero-order valence-corrected chi connectivity index (χ0v) is 17.1. The van der Waals surface area contributed by atoms with E-state index in [1.54, 1.807) is 11.7 Å². The number of aromatic nitrogens is 2. The Morgan fingerprint density at radius 2 is 2.12 bits per heavy atom. The van der Waals surface area contributed by atoms with Gasteiger partial charge in [0.2, 0.25) is 5.91 Å². The molecule has 0 saturated carbocycles. The van der Waals surface area contributed by atoms with Crippen LogP contribution >= 0.6 is 24.0 Å². The molecule has 2 rings (SSSR count). The van der Waals surface area contributed by atoms with Crippen LogP contribution in [0.1, 0.15) is 31.7 Å². The Balaban J connectivity index is 0.00000288. The standard InChI is InChI=1S/C16H28N6O.HI/c1-4-18-16(19-10-14-11-20-21(3)12-14)22-7-5-13(6-8-22)9-15(23)17-2;/h11-13H,4-10H2,1-3H3,(H,17,23)(H,18,19);1H. The number of piperidine rings is 1. The number of nitrogens with one attached hydrogen (secondary N) is 2. The number of likely N-dealkylation sites (tertiary alicyclic amines) is 1. The quantitative estimate of drug-likeness (QED) is 0.405. The number of rotatable bonds is 5. The van der Waals surface area contributed by atoms with Crippen LogP contribution in [-0.4, -0.2) is 53.2 Å². The van der Waals surface area contributed by atoms with Crippen molar-refractivity contribution in [3.05, 3.63) is 18.0 Å². The van der Waals surface area contributed by atoms with Crippen molar-refractivity contribution >= 4 is 35.8 Å². The molecule has 2 heterocycles. The molecule has 0 aromatic carbocycles. The van der Waals surface area contributed by atoms with Gasteiger partial charge in [0.1, 0.15) is 0 Å². The average Bonchev–Trinajstić information content (AvgIpc) is 2.97. The smallest absolute Gasteiger partial charge is 0.220 e. The first-order chi connectivity index (χ1) is 11.1. The zero-order chi connectivity index (χ0) is 16.7. The molecule has 1 fully saturated rings. The van der Waals surface area contributed by atoms with Gasteiger partial charge < -0.3 is 15.5 Å². The van der Waals surface area contributed by atoms with E-state index in [2.05, 4.69) is 27.6 Å². The molecule has 7 nitrogen and oxygen atoms in total. The van der Waals surface area contributed by atoms with Gasteiger partial charge in [0, 0.05) is 51.9 Å². The third-order valence-electron chi connectivity index (χ3n) is 4.17. The van der Waals surface area contributed by atoms with Gasteiger partial charge in [-0.1, -0.05) is 0 Å². The minimum Gasteiger partial charge on any atom is -0.359 e. The molecule has 0 atom stereocenters. The van der Waals surface area contributed by atoms with Crippen molar-refractivity contribution in [2.75, 3.05) is 26.7 Å². The fourth-order valence-corrected chi connectivity index (χ4v) is 2.86. The highest BCUT2D eigenvalue weighted by Gasteiger charge is 2.23. The first kappa shape index (κ1) is 20.7. The Labute approximate surface area is 161 Å². The number of carbonyl (C=O) groups is 1. The second-order valence-electron chi connectivity index (χ2n) is 6.00. The molecule has 1 aliphatic rings. The SMILES string of the molecule is CCNC(=NCc1cnn(C)c1)N1CCC(CC(=O)NC)CC1.I. The molecule has 1 aromatic heterocycles. The molecule has 0 unspecified atom stereocenters. The Morgan fingerprint density at radius 1 is 1.42 bits per heavy atom. The van der Waals surface area contributed by atoms with Crippen molar-refractivity contribution in [1.82, 2.24) is 25.3 Å². The van der Waals surface area contributed by atoms with E-state index in [4.69, 9.17) is 4.99 Å². The van der Waals surface area contributed by atoms with Crippen LogP contribution in [-0.2, 0) is 18.4 Å². The Bertz CT molecular complexity index is 536. The third kappa shape index (κ3) is 6.29. The number of amides is 1. The maximum absolute atomic E-state index is 11.5. The van der Waals surface area contributed by atoms with E-state index >= 15 is 0 Å². The fourth-order valence-electron chi connectivity index (χ4n) is 2.86. The highest BCUT2D eigenvalue weighted by molar-refractivity contribution is 14.0. The van der Waals surface area contributed by atoms with E-state index in [0.717, 1.165) is 44.0 Å². The summed E-state index contributed by atoms with van der Waals surface area (Å²) in [6.07, 6.45) is 6.54. The van der Waals surface area contributed by atoms with E-state index < -0.39 is 0 Å². The molecular formula is C16H29IN6O. The molecule has 8 heteroatoms. The van der Waals surface area contributed by atoms with Crippen molar-refractivity contribution in [2.24, 2.45) is 18.0 Å². The maximum atomic E-state index is 11.5. The number of hydrogen-bond donors (Lipinski definition) is 2. The molecule has 24 heavy (non-hydrogen) atoms. The van der Waals surface area contributed by atoms with Gasteiger partial charge in [0.25, 0.3) is 0 Å². The summed E-state index contributed by atoms with van der Waals surface area (Å²) in [5.41, 5.74) is 1.11. The molecule has 1 saturated heterocycles. The predicted octanol–water partition coefficient (Wildman–Crippen LogP) is 1.35. The summed E-state index contributed by atoms with van der Waals surface area (Å²) in [5, 5.41) is 10.3. The number of halogens is 1. The Kier molecular flexibility index (Phi) is 9.09. The second-order valence-corrected chi connectivity index (χ2v) is 6.00. The number of carbonyl (C=O) groups excluding carboxylic acids is 1. The number of hydrogen-bond acceptors (Lipinski definition) is 3. The molecule has 0 bridgehead atoms. The lowest BCUT2D eigenvalue weighted by Crippen LogP contribution is -2.46. The molecule has 0 spiro atoms. The molecule has 136 valence electrons. The van der Waals surface area contributed by atoms with Crippen LogP contribution in [0.4, 0.5) is 0 Å². The van der Waals surface area contributed by atoms with Gasteiger partial charge in [-0.05, 0) is 25.7 Å². The van der Waals surface area contributed by atoms with E-state index in [-0.39, 0.29) is 29.9 Å². The maximum Gasteiger partial charge on any atom is 0.220 e.